The van der Waals surface area contributed by atoms with Crippen molar-refractivity contribution in [3.8, 4) is 22.9 Å². The summed E-state index contributed by atoms with van der Waals surface area (Å²) in [5.41, 5.74) is 7.02. The number of nitrogens with one attached hydrogen (secondary N) is 1. The third-order valence-corrected chi connectivity index (χ3v) is 4.75. The van der Waals surface area contributed by atoms with E-state index < -0.39 is 0 Å². The van der Waals surface area contributed by atoms with Crippen LogP contribution < -0.4 is 19.6 Å². The van der Waals surface area contributed by atoms with Gasteiger partial charge in [0.05, 0.1) is 13.3 Å². The number of carbonyl (C=O) groups excluding carboxylic acids is 1. The quantitative estimate of drug-likeness (QED) is 0.533. The fourth-order valence-electron chi connectivity index (χ4n) is 3.28. The highest BCUT2D eigenvalue weighted by Gasteiger charge is 2.17. The van der Waals surface area contributed by atoms with Crippen molar-refractivity contribution in [2.45, 2.75) is 13.8 Å². The van der Waals surface area contributed by atoms with Crippen LogP contribution in [0.5, 0.6) is 17.2 Å². The van der Waals surface area contributed by atoms with E-state index in [-0.39, 0.29) is 12.7 Å². The Morgan fingerprint density at radius 1 is 1.07 bits per heavy atom. The Labute approximate surface area is 168 Å². The van der Waals surface area contributed by atoms with Crippen LogP contribution in [0.1, 0.15) is 27.3 Å². The van der Waals surface area contributed by atoms with E-state index >= 15 is 0 Å². The first-order valence-electron chi connectivity index (χ1n) is 9.13. The molecule has 1 N–H and O–H groups in total. The van der Waals surface area contributed by atoms with Crippen molar-refractivity contribution >= 4 is 12.1 Å². The lowest BCUT2D eigenvalue weighted by atomic mass is 10.2. The maximum absolute atomic E-state index is 12.4. The van der Waals surface area contributed by atoms with Crippen LogP contribution in [-0.2, 0) is 0 Å². The van der Waals surface area contributed by atoms with E-state index in [1.807, 2.05) is 26.0 Å². The SMILES string of the molecule is COc1cc2c(cc1/C=N/NC(=O)c1ccc(-n3c(C)ccc3C)cc1)OCO2. The van der Waals surface area contributed by atoms with Crippen LogP contribution in [0.4, 0.5) is 0 Å². The molecule has 0 saturated heterocycles. The number of amides is 1. The number of hydrogen-bond acceptors (Lipinski definition) is 5. The van der Waals surface area contributed by atoms with Crippen molar-refractivity contribution in [3.05, 3.63) is 71.0 Å². The molecule has 0 saturated carbocycles. The number of methoxy groups -OCH3 is 1. The summed E-state index contributed by atoms with van der Waals surface area (Å²) in [7, 11) is 1.56. The van der Waals surface area contributed by atoms with Crippen molar-refractivity contribution in [3.63, 3.8) is 0 Å². The molecule has 1 aliphatic rings. The van der Waals surface area contributed by atoms with Gasteiger partial charge in [-0.2, -0.15) is 5.10 Å². The second kappa shape index (κ2) is 7.71. The standard InChI is InChI=1S/C22H21N3O4/c1-14-4-5-15(2)25(14)18-8-6-16(7-9-18)22(26)24-23-12-17-10-20-21(29-13-28-20)11-19(17)27-3/h4-12H,13H2,1-3H3,(H,24,26)/b23-12+. The Bertz CT molecular complexity index is 1060. The Morgan fingerprint density at radius 3 is 2.38 bits per heavy atom. The van der Waals surface area contributed by atoms with Crippen LogP contribution in [0.15, 0.2) is 53.6 Å². The molecule has 0 radical (unpaired) electrons. The van der Waals surface area contributed by atoms with Crippen molar-refractivity contribution in [2.75, 3.05) is 13.9 Å². The number of fused-ring (bicyclic) bond motifs is 1. The van der Waals surface area contributed by atoms with Gasteiger partial charge in [0.15, 0.2) is 11.5 Å². The lowest BCUT2D eigenvalue weighted by Gasteiger charge is -2.10. The largest absolute Gasteiger partial charge is 0.496 e. The number of benzene rings is 2. The van der Waals surface area contributed by atoms with Crippen LogP contribution >= 0.6 is 0 Å². The first-order valence-corrected chi connectivity index (χ1v) is 9.13. The summed E-state index contributed by atoms with van der Waals surface area (Å²) in [4.78, 5) is 12.4. The number of carbonyl (C=O) groups is 1. The van der Waals surface area contributed by atoms with Gasteiger partial charge in [-0.25, -0.2) is 5.43 Å². The molecule has 0 unspecified atom stereocenters. The summed E-state index contributed by atoms with van der Waals surface area (Å²) in [5.74, 6) is 1.52. The van der Waals surface area contributed by atoms with Crippen LogP contribution in [0.2, 0.25) is 0 Å². The zero-order valence-electron chi connectivity index (χ0n) is 16.4. The number of aryl methyl sites for hydroxylation is 2. The molecule has 3 aromatic rings. The van der Waals surface area contributed by atoms with Gasteiger partial charge in [0.1, 0.15) is 5.75 Å². The van der Waals surface area contributed by atoms with E-state index in [9.17, 15) is 4.79 Å². The van der Waals surface area contributed by atoms with Crippen LogP contribution in [0.25, 0.3) is 5.69 Å². The van der Waals surface area contributed by atoms with Crippen molar-refractivity contribution < 1.29 is 19.0 Å². The normalized spacial score (nSPS) is 12.4. The molecule has 0 fully saturated rings. The van der Waals surface area contributed by atoms with Crippen LogP contribution in [-0.4, -0.2) is 30.6 Å². The summed E-state index contributed by atoms with van der Waals surface area (Å²) < 4.78 is 18.2. The van der Waals surface area contributed by atoms with E-state index in [1.165, 1.54) is 6.21 Å². The van der Waals surface area contributed by atoms with Crippen LogP contribution in [0.3, 0.4) is 0 Å². The monoisotopic (exact) mass is 391 g/mol. The summed E-state index contributed by atoms with van der Waals surface area (Å²) in [6, 6.07) is 15.0. The number of hydrogen-bond donors (Lipinski definition) is 1. The highest BCUT2D eigenvalue weighted by atomic mass is 16.7. The molecule has 0 atom stereocenters. The number of rotatable bonds is 5. The first kappa shape index (κ1) is 18.6. The van der Waals surface area contributed by atoms with E-state index in [1.54, 1.807) is 31.4 Å². The molecule has 1 amide bonds. The third-order valence-electron chi connectivity index (χ3n) is 4.75. The zero-order valence-corrected chi connectivity index (χ0v) is 16.4. The molecule has 7 heteroatoms. The van der Waals surface area contributed by atoms with Crippen molar-refractivity contribution in [2.24, 2.45) is 5.10 Å². The Balaban J connectivity index is 1.46. The number of nitrogens with zero attached hydrogens (tertiary/aromatic N) is 2. The molecule has 1 aromatic heterocycles. The fraction of sp³-hybridized carbons (Fsp3) is 0.182. The van der Waals surface area contributed by atoms with Crippen molar-refractivity contribution in [1.82, 2.24) is 9.99 Å². The van der Waals surface area contributed by atoms with Gasteiger partial charge in [-0.15, -0.1) is 0 Å². The van der Waals surface area contributed by atoms with Gasteiger partial charge in [-0.05, 0) is 56.3 Å². The second-order valence-corrected chi connectivity index (χ2v) is 6.64. The Morgan fingerprint density at radius 2 is 1.72 bits per heavy atom. The lowest BCUT2D eigenvalue weighted by Crippen LogP contribution is -2.17. The maximum Gasteiger partial charge on any atom is 0.271 e. The summed E-state index contributed by atoms with van der Waals surface area (Å²) >= 11 is 0. The lowest BCUT2D eigenvalue weighted by molar-refractivity contribution is 0.0955. The van der Waals surface area contributed by atoms with E-state index in [0.29, 0.717) is 28.4 Å². The fourth-order valence-corrected chi connectivity index (χ4v) is 3.28. The van der Waals surface area contributed by atoms with Gasteiger partial charge in [0.2, 0.25) is 6.79 Å². The molecule has 2 aromatic carbocycles. The average molecular weight is 391 g/mol. The Kier molecular flexibility index (Phi) is 4.95. The summed E-state index contributed by atoms with van der Waals surface area (Å²) in [6.07, 6.45) is 1.51. The molecular formula is C22H21N3O4. The minimum Gasteiger partial charge on any atom is -0.496 e. The molecule has 4 rings (SSSR count). The topological polar surface area (TPSA) is 74.1 Å². The van der Waals surface area contributed by atoms with Crippen LogP contribution in [0, 0.1) is 13.8 Å². The van der Waals surface area contributed by atoms with Gasteiger partial charge in [-0.3, -0.25) is 4.79 Å². The molecule has 29 heavy (non-hydrogen) atoms. The molecule has 0 aliphatic carbocycles. The zero-order chi connectivity index (χ0) is 20.4. The third kappa shape index (κ3) is 3.67. The van der Waals surface area contributed by atoms with E-state index in [0.717, 1.165) is 17.1 Å². The van der Waals surface area contributed by atoms with E-state index in [2.05, 4.69) is 27.2 Å². The minimum atomic E-state index is -0.298. The average Bonchev–Trinajstić information content (AvgIpc) is 3.32. The molecule has 7 nitrogen and oxygen atoms in total. The highest BCUT2D eigenvalue weighted by molar-refractivity contribution is 5.95. The predicted octanol–water partition coefficient (Wildman–Crippen LogP) is 3.60. The number of ether oxygens (including phenoxy) is 3. The number of hydrazone groups is 1. The highest BCUT2D eigenvalue weighted by Crippen LogP contribution is 2.37. The molecule has 1 aliphatic heterocycles. The van der Waals surface area contributed by atoms with E-state index in [4.69, 9.17) is 14.2 Å². The molecule has 2 heterocycles. The van der Waals surface area contributed by atoms with Gasteiger partial charge < -0.3 is 18.8 Å². The summed E-state index contributed by atoms with van der Waals surface area (Å²) in [6.45, 7) is 4.27. The second-order valence-electron chi connectivity index (χ2n) is 6.64. The first-order chi connectivity index (χ1) is 14.1. The van der Waals surface area contributed by atoms with Crippen molar-refractivity contribution in [1.29, 1.82) is 0 Å². The molecule has 0 spiro atoms. The van der Waals surface area contributed by atoms with Gasteiger partial charge >= 0.3 is 0 Å². The van der Waals surface area contributed by atoms with Gasteiger partial charge in [0.25, 0.3) is 5.91 Å². The maximum atomic E-state index is 12.4. The molecule has 148 valence electrons. The minimum absolute atomic E-state index is 0.174. The summed E-state index contributed by atoms with van der Waals surface area (Å²) in [5, 5.41) is 4.05. The smallest absolute Gasteiger partial charge is 0.271 e. The number of aromatic nitrogens is 1. The van der Waals surface area contributed by atoms with Gasteiger partial charge in [-0.1, -0.05) is 0 Å². The van der Waals surface area contributed by atoms with Gasteiger partial charge in [0, 0.05) is 34.3 Å². The molecule has 0 bridgehead atoms. The predicted molar refractivity (Wildman–Crippen MR) is 109 cm³/mol. The molecular weight excluding hydrogens is 370 g/mol. The Hall–Kier alpha value is -3.74.